The summed E-state index contributed by atoms with van der Waals surface area (Å²) in [6.45, 7) is 2.56. The predicted molar refractivity (Wildman–Crippen MR) is 143 cm³/mol. The van der Waals surface area contributed by atoms with E-state index in [1.807, 2.05) is 0 Å². The van der Waals surface area contributed by atoms with Crippen molar-refractivity contribution in [1.82, 2.24) is 0 Å². The summed E-state index contributed by atoms with van der Waals surface area (Å²) in [5, 5.41) is 0. The SMILES string of the molecule is CCCCCCCCCCCCCCCCOC(=O)c1ccccc1C(=O)OCCCCS(=O)(=O)O. The van der Waals surface area contributed by atoms with Crippen molar-refractivity contribution >= 4 is 22.1 Å². The summed E-state index contributed by atoms with van der Waals surface area (Å²) < 4.78 is 40.7. The van der Waals surface area contributed by atoms with Crippen LogP contribution in [0.15, 0.2) is 24.3 Å². The lowest BCUT2D eigenvalue weighted by atomic mass is 10.0. The van der Waals surface area contributed by atoms with Crippen molar-refractivity contribution in [3.05, 3.63) is 35.4 Å². The maximum Gasteiger partial charge on any atom is 0.339 e. The third kappa shape index (κ3) is 16.7. The second kappa shape index (κ2) is 20.2. The molecule has 206 valence electrons. The molecular weight excluding hydrogens is 480 g/mol. The van der Waals surface area contributed by atoms with Crippen LogP contribution >= 0.6 is 0 Å². The summed E-state index contributed by atoms with van der Waals surface area (Å²) in [7, 11) is -4.02. The molecule has 0 fully saturated rings. The smallest absolute Gasteiger partial charge is 0.339 e. The molecule has 0 aliphatic rings. The van der Waals surface area contributed by atoms with Gasteiger partial charge < -0.3 is 9.47 Å². The molecule has 0 aliphatic carbocycles. The minimum absolute atomic E-state index is 0.00319. The van der Waals surface area contributed by atoms with E-state index >= 15 is 0 Å². The first-order chi connectivity index (χ1) is 17.3. The van der Waals surface area contributed by atoms with E-state index in [2.05, 4.69) is 6.92 Å². The molecule has 0 aliphatic heterocycles. The Balaban J connectivity index is 2.14. The van der Waals surface area contributed by atoms with E-state index in [4.69, 9.17) is 14.0 Å². The minimum Gasteiger partial charge on any atom is -0.462 e. The predicted octanol–water partition coefficient (Wildman–Crippen LogP) is 7.15. The number of hydrogen-bond acceptors (Lipinski definition) is 6. The fourth-order valence-corrected chi connectivity index (χ4v) is 4.58. The van der Waals surface area contributed by atoms with Crippen LogP contribution in [0.4, 0.5) is 0 Å². The van der Waals surface area contributed by atoms with Gasteiger partial charge in [0.1, 0.15) is 0 Å². The lowest BCUT2D eigenvalue weighted by Gasteiger charge is -2.10. The van der Waals surface area contributed by atoms with Gasteiger partial charge in [-0.25, -0.2) is 9.59 Å². The molecule has 1 N–H and O–H groups in total. The van der Waals surface area contributed by atoms with Crippen molar-refractivity contribution in [1.29, 1.82) is 0 Å². The Morgan fingerprint density at radius 1 is 0.639 bits per heavy atom. The molecule has 8 heteroatoms. The third-order valence-corrected chi connectivity index (χ3v) is 6.93. The average molecular weight is 527 g/mol. The summed E-state index contributed by atoms with van der Waals surface area (Å²) in [6.07, 6.45) is 18.1. The summed E-state index contributed by atoms with van der Waals surface area (Å²) in [5.74, 6) is -1.60. The monoisotopic (exact) mass is 526 g/mol. The molecule has 0 spiro atoms. The largest absolute Gasteiger partial charge is 0.462 e. The molecule has 7 nitrogen and oxygen atoms in total. The fourth-order valence-electron chi connectivity index (χ4n) is 4.01. The quantitative estimate of drug-likeness (QED) is 0.0971. The number of rotatable bonds is 22. The van der Waals surface area contributed by atoms with E-state index in [9.17, 15) is 18.0 Å². The first kappa shape index (κ1) is 32.1. The van der Waals surface area contributed by atoms with Crippen LogP contribution < -0.4 is 0 Å². The highest BCUT2D eigenvalue weighted by atomic mass is 32.2. The topological polar surface area (TPSA) is 107 Å². The van der Waals surface area contributed by atoms with Crippen LogP contribution in [-0.2, 0) is 19.6 Å². The average Bonchev–Trinajstić information content (AvgIpc) is 2.85. The molecule has 0 saturated carbocycles. The first-order valence-electron chi connectivity index (χ1n) is 13.7. The summed E-state index contributed by atoms with van der Waals surface area (Å²) in [4.78, 5) is 24.8. The van der Waals surface area contributed by atoms with E-state index in [0.717, 1.165) is 19.3 Å². The maximum absolute atomic E-state index is 12.5. The van der Waals surface area contributed by atoms with E-state index in [1.165, 1.54) is 82.8 Å². The molecule has 0 aromatic heterocycles. The molecule has 0 bridgehead atoms. The fraction of sp³-hybridized carbons (Fsp3) is 0.714. The van der Waals surface area contributed by atoms with E-state index in [-0.39, 0.29) is 36.3 Å². The second-order valence-electron chi connectivity index (χ2n) is 9.41. The molecule has 0 amide bonds. The Kier molecular flexibility index (Phi) is 18.0. The van der Waals surface area contributed by atoms with Crippen molar-refractivity contribution in [3.63, 3.8) is 0 Å². The number of unbranched alkanes of at least 4 members (excludes halogenated alkanes) is 14. The molecule has 0 saturated heterocycles. The van der Waals surface area contributed by atoms with Crippen LogP contribution in [0.1, 0.15) is 130 Å². The molecule has 1 aromatic carbocycles. The van der Waals surface area contributed by atoms with Crippen LogP contribution in [0, 0.1) is 0 Å². The molecular formula is C28H46O7S. The number of carbonyl (C=O) groups excluding carboxylic acids is 2. The second-order valence-corrected chi connectivity index (χ2v) is 11.0. The Morgan fingerprint density at radius 3 is 1.39 bits per heavy atom. The zero-order valence-electron chi connectivity index (χ0n) is 22.0. The highest BCUT2D eigenvalue weighted by Gasteiger charge is 2.19. The van der Waals surface area contributed by atoms with Gasteiger partial charge >= 0.3 is 11.9 Å². The standard InChI is InChI=1S/C28H46O7S/c1-2-3-4-5-6-7-8-9-10-11-12-13-14-17-22-34-27(29)25-20-15-16-21-26(25)28(30)35-23-18-19-24-36(31,32)33/h15-16,20-21H,2-14,17-19,22-24H2,1H3,(H,31,32,33). The van der Waals surface area contributed by atoms with Gasteiger partial charge in [0, 0.05) is 0 Å². The lowest BCUT2D eigenvalue weighted by molar-refractivity contribution is 0.0451. The number of hydrogen-bond donors (Lipinski definition) is 1. The van der Waals surface area contributed by atoms with Crippen LogP contribution in [0.3, 0.4) is 0 Å². The van der Waals surface area contributed by atoms with Crippen molar-refractivity contribution in [2.24, 2.45) is 0 Å². The molecule has 1 rings (SSSR count). The zero-order chi connectivity index (χ0) is 26.5. The summed E-state index contributed by atoms with van der Waals surface area (Å²) in [6, 6.07) is 6.33. The van der Waals surface area contributed by atoms with Gasteiger partial charge in [0.25, 0.3) is 10.1 Å². The van der Waals surface area contributed by atoms with E-state index in [0.29, 0.717) is 6.61 Å². The van der Waals surface area contributed by atoms with Gasteiger partial charge in [-0.3, -0.25) is 4.55 Å². The Labute approximate surface area is 218 Å². The van der Waals surface area contributed by atoms with E-state index < -0.39 is 22.1 Å². The number of carbonyl (C=O) groups is 2. The first-order valence-corrected chi connectivity index (χ1v) is 15.3. The van der Waals surface area contributed by atoms with Gasteiger partial charge in [-0.15, -0.1) is 0 Å². The molecule has 0 unspecified atom stereocenters. The highest BCUT2D eigenvalue weighted by molar-refractivity contribution is 7.85. The Bertz CT molecular complexity index is 836. The van der Waals surface area contributed by atoms with Gasteiger partial charge in [0.05, 0.1) is 30.1 Å². The number of ether oxygens (including phenoxy) is 2. The van der Waals surface area contributed by atoms with Gasteiger partial charge in [0.2, 0.25) is 0 Å². The van der Waals surface area contributed by atoms with Crippen LogP contribution in [-0.4, -0.2) is 43.9 Å². The zero-order valence-corrected chi connectivity index (χ0v) is 22.9. The summed E-state index contributed by atoms with van der Waals surface area (Å²) in [5.41, 5.74) is 0.282. The number of benzene rings is 1. The lowest BCUT2D eigenvalue weighted by Crippen LogP contribution is -2.15. The molecule has 36 heavy (non-hydrogen) atoms. The van der Waals surface area contributed by atoms with Gasteiger partial charge in [0.15, 0.2) is 0 Å². The van der Waals surface area contributed by atoms with Gasteiger partial charge in [-0.1, -0.05) is 103 Å². The normalized spacial score (nSPS) is 11.4. The van der Waals surface area contributed by atoms with Gasteiger partial charge in [-0.2, -0.15) is 8.42 Å². The number of esters is 2. The van der Waals surface area contributed by atoms with Crippen molar-refractivity contribution in [3.8, 4) is 0 Å². The molecule has 0 heterocycles. The van der Waals surface area contributed by atoms with Crippen molar-refractivity contribution in [2.75, 3.05) is 19.0 Å². The Morgan fingerprint density at radius 2 is 1.00 bits per heavy atom. The van der Waals surface area contributed by atoms with Crippen molar-refractivity contribution in [2.45, 2.75) is 110 Å². The summed E-state index contributed by atoms with van der Waals surface area (Å²) >= 11 is 0. The molecule has 0 atom stereocenters. The van der Waals surface area contributed by atoms with Gasteiger partial charge in [-0.05, 0) is 31.4 Å². The Hall–Kier alpha value is -1.93. The van der Waals surface area contributed by atoms with E-state index in [1.54, 1.807) is 12.1 Å². The minimum atomic E-state index is -4.02. The molecule has 1 aromatic rings. The highest BCUT2D eigenvalue weighted by Crippen LogP contribution is 2.15. The molecule has 0 radical (unpaired) electrons. The maximum atomic E-state index is 12.5. The third-order valence-electron chi connectivity index (χ3n) is 6.13. The van der Waals surface area contributed by atoms with Crippen LogP contribution in [0.2, 0.25) is 0 Å². The van der Waals surface area contributed by atoms with Crippen molar-refractivity contribution < 1.29 is 32.0 Å². The van der Waals surface area contributed by atoms with Crippen LogP contribution in [0.5, 0.6) is 0 Å². The van der Waals surface area contributed by atoms with Crippen LogP contribution in [0.25, 0.3) is 0 Å².